The van der Waals surface area contributed by atoms with Crippen LogP contribution in [0.15, 0.2) is 30.3 Å². The molecule has 0 aliphatic carbocycles. The first-order chi connectivity index (χ1) is 9.02. The third-order valence-corrected chi connectivity index (χ3v) is 2.75. The van der Waals surface area contributed by atoms with Gasteiger partial charge in [-0.1, -0.05) is 12.1 Å². The monoisotopic (exact) mass is 254 g/mol. The number of aromatic nitrogens is 1. The van der Waals surface area contributed by atoms with Gasteiger partial charge in [0, 0.05) is 17.2 Å². The number of benzene rings is 1. The quantitative estimate of drug-likeness (QED) is 0.654. The number of hydrogen-bond donors (Lipinski definition) is 1. The van der Waals surface area contributed by atoms with E-state index in [0.717, 1.165) is 0 Å². The molecule has 0 saturated heterocycles. The lowest BCUT2D eigenvalue weighted by Crippen LogP contribution is -1.97. The number of aryl methyl sites for hydroxylation is 1. The van der Waals surface area contributed by atoms with Crippen LogP contribution >= 0.6 is 0 Å². The zero-order valence-corrected chi connectivity index (χ0v) is 10.1. The number of pyridine rings is 1. The first-order valence-electron chi connectivity index (χ1n) is 5.45. The molecular formula is C13H10N4O2. The van der Waals surface area contributed by atoms with Gasteiger partial charge in [-0.15, -0.1) is 0 Å². The lowest BCUT2D eigenvalue weighted by atomic mass is 10.1. The van der Waals surface area contributed by atoms with Gasteiger partial charge >= 0.3 is 0 Å². The maximum atomic E-state index is 10.9. The van der Waals surface area contributed by atoms with E-state index in [1.54, 1.807) is 31.2 Å². The number of nitriles is 1. The lowest BCUT2D eigenvalue weighted by Gasteiger charge is -2.04. The molecule has 0 unspecified atom stereocenters. The molecule has 2 rings (SSSR count). The highest BCUT2D eigenvalue weighted by molar-refractivity contribution is 5.67. The van der Waals surface area contributed by atoms with Crippen LogP contribution in [0.5, 0.6) is 0 Å². The summed E-state index contributed by atoms with van der Waals surface area (Å²) in [6.45, 7) is 1.67. The SMILES string of the molecule is Cc1ccc(-c2ccc(C#N)c(N)n2)cc1[N+](=O)[O-]. The second-order valence-electron chi connectivity index (χ2n) is 4.00. The molecule has 2 N–H and O–H groups in total. The molecule has 19 heavy (non-hydrogen) atoms. The molecule has 94 valence electrons. The second kappa shape index (κ2) is 4.74. The Bertz CT molecular complexity index is 704. The summed E-state index contributed by atoms with van der Waals surface area (Å²) in [5.74, 6) is 0.114. The Kier molecular flexibility index (Phi) is 3.12. The lowest BCUT2D eigenvalue weighted by molar-refractivity contribution is -0.385. The standard InChI is InChI=1S/C13H10N4O2/c1-8-2-3-9(6-12(8)17(18)19)11-5-4-10(7-14)13(15)16-11/h2-6H,1H3,(H2,15,16). The molecule has 0 spiro atoms. The molecule has 0 aliphatic rings. The van der Waals surface area contributed by atoms with Crippen LogP contribution in [0.2, 0.25) is 0 Å². The van der Waals surface area contributed by atoms with Crippen molar-refractivity contribution in [1.29, 1.82) is 5.26 Å². The van der Waals surface area contributed by atoms with Crippen molar-refractivity contribution in [2.24, 2.45) is 0 Å². The minimum absolute atomic E-state index is 0.0298. The van der Waals surface area contributed by atoms with E-state index >= 15 is 0 Å². The maximum Gasteiger partial charge on any atom is 0.272 e. The van der Waals surface area contributed by atoms with Gasteiger partial charge < -0.3 is 5.73 Å². The van der Waals surface area contributed by atoms with Gasteiger partial charge in [0.1, 0.15) is 11.9 Å². The van der Waals surface area contributed by atoms with Crippen LogP contribution in [0.1, 0.15) is 11.1 Å². The van der Waals surface area contributed by atoms with Crippen LogP contribution in [-0.2, 0) is 0 Å². The molecule has 0 aliphatic heterocycles. The van der Waals surface area contributed by atoms with Crippen LogP contribution in [0.3, 0.4) is 0 Å². The molecule has 6 heteroatoms. The van der Waals surface area contributed by atoms with Crippen LogP contribution in [0.4, 0.5) is 11.5 Å². The molecule has 2 aromatic rings. The van der Waals surface area contributed by atoms with Crippen molar-refractivity contribution >= 4 is 11.5 Å². The fraction of sp³-hybridized carbons (Fsp3) is 0.0769. The molecule has 1 aromatic heterocycles. The normalized spacial score (nSPS) is 9.89. The summed E-state index contributed by atoms with van der Waals surface area (Å²) in [6, 6.07) is 9.91. The molecule has 1 heterocycles. The number of nitro benzene ring substituents is 1. The van der Waals surface area contributed by atoms with Crippen molar-refractivity contribution in [3.63, 3.8) is 0 Å². The average molecular weight is 254 g/mol. The largest absolute Gasteiger partial charge is 0.383 e. The third kappa shape index (κ3) is 2.35. The zero-order chi connectivity index (χ0) is 14.0. The molecule has 0 radical (unpaired) electrons. The van der Waals surface area contributed by atoms with Crippen molar-refractivity contribution in [3.05, 3.63) is 51.6 Å². The maximum absolute atomic E-state index is 10.9. The summed E-state index contributed by atoms with van der Waals surface area (Å²) >= 11 is 0. The van der Waals surface area contributed by atoms with E-state index in [4.69, 9.17) is 11.0 Å². The van der Waals surface area contributed by atoms with Gasteiger partial charge in [-0.3, -0.25) is 10.1 Å². The van der Waals surface area contributed by atoms with E-state index in [-0.39, 0.29) is 17.1 Å². The highest BCUT2D eigenvalue weighted by atomic mass is 16.6. The van der Waals surface area contributed by atoms with Crippen LogP contribution in [0, 0.1) is 28.4 Å². The van der Waals surface area contributed by atoms with Gasteiger partial charge in [0.2, 0.25) is 0 Å². The van der Waals surface area contributed by atoms with Gasteiger partial charge in [0.05, 0.1) is 16.2 Å². The number of rotatable bonds is 2. The van der Waals surface area contributed by atoms with E-state index in [1.807, 2.05) is 6.07 Å². The number of nitro groups is 1. The summed E-state index contributed by atoms with van der Waals surface area (Å²) in [6.07, 6.45) is 0. The third-order valence-electron chi connectivity index (χ3n) is 2.75. The van der Waals surface area contributed by atoms with Crippen molar-refractivity contribution in [1.82, 2.24) is 4.98 Å². The number of anilines is 1. The van der Waals surface area contributed by atoms with Crippen LogP contribution in [-0.4, -0.2) is 9.91 Å². The number of nitrogens with zero attached hydrogens (tertiary/aromatic N) is 3. The molecule has 0 fully saturated rings. The topological polar surface area (TPSA) is 106 Å². The summed E-state index contributed by atoms with van der Waals surface area (Å²) in [5, 5.41) is 19.7. The highest BCUT2D eigenvalue weighted by Gasteiger charge is 2.13. The molecule has 0 atom stereocenters. The van der Waals surface area contributed by atoms with Crippen LogP contribution in [0.25, 0.3) is 11.3 Å². The van der Waals surface area contributed by atoms with Crippen molar-refractivity contribution in [3.8, 4) is 17.3 Å². The van der Waals surface area contributed by atoms with Crippen molar-refractivity contribution in [2.75, 3.05) is 5.73 Å². The zero-order valence-electron chi connectivity index (χ0n) is 10.1. The summed E-state index contributed by atoms with van der Waals surface area (Å²) < 4.78 is 0. The molecule has 0 bridgehead atoms. The highest BCUT2D eigenvalue weighted by Crippen LogP contribution is 2.26. The van der Waals surface area contributed by atoms with E-state index in [2.05, 4.69) is 4.98 Å². The fourth-order valence-corrected chi connectivity index (χ4v) is 1.70. The van der Waals surface area contributed by atoms with Crippen molar-refractivity contribution in [2.45, 2.75) is 6.92 Å². The Hall–Kier alpha value is -2.94. The predicted molar refractivity (Wildman–Crippen MR) is 70.2 cm³/mol. The first-order valence-corrected chi connectivity index (χ1v) is 5.45. The molecular weight excluding hydrogens is 244 g/mol. The van der Waals surface area contributed by atoms with Gasteiger partial charge in [-0.25, -0.2) is 4.98 Å². The van der Waals surface area contributed by atoms with Gasteiger partial charge in [-0.05, 0) is 19.1 Å². The van der Waals surface area contributed by atoms with E-state index in [9.17, 15) is 10.1 Å². The Morgan fingerprint density at radius 1 is 1.37 bits per heavy atom. The Morgan fingerprint density at radius 2 is 2.11 bits per heavy atom. The first kappa shape index (κ1) is 12.5. The molecule has 0 amide bonds. The van der Waals surface area contributed by atoms with Crippen molar-refractivity contribution < 1.29 is 4.92 Å². The predicted octanol–water partition coefficient (Wildman–Crippen LogP) is 2.42. The average Bonchev–Trinajstić information content (AvgIpc) is 2.38. The second-order valence-corrected chi connectivity index (χ2v) is 4.00. The number of nitrogen functional groups attached to an aromatic ring is 1. The van der Waals surface area contributed by atoms with Gasteiger partial charge in [0.25, 0.3) is 5.69 Å². The van der Waals surface area contributed by atoms with Gasteiger partial charge in [-0.2, -0.15) is 5.26 Å². The summed E-state index contributed by atoms with van der Waals surface area (Å²) in [7, 11) is 0. The number of hydrogen-bond acceptors (Lipinski definition) is 5. The van der Waals surface area contributed by atoms with E-state index in [0.29, 0.717) is 16.8 Å². The minimum Gasteiger partial charge on any atom is -0.383 e. The van der Waals surface area contributed by atoms with E-state index in [1.165, 1.54) is 6.07 Å². The Balaban J connectivity index is 2.54. The molecule has 0 saturated carbocycles. The molecule has 1 aromatic carbocycles. The summed E-state index contributed by atoms with van der Waals surface area (Å²) in [4.78, 5) is 14.5. The van der Waals surface area contributed by atoms with Crippen LogP contribution < -0.4 is 5.73 Å². The fourth-order valence-electron chi connectivity index (χ4n) is 1.70. The summed E-state index contributed by atoms with van der Waals surface area (Å²) in [5.41, 5.74) is 7.61. The Morgan fingerprint density at radius 3 is 2.68 bits per heavy atom. The van der Waals surface area contributed by atoms with Gasteiger partial charge in [0.15, 0.2) is 0 Å². The number of nitrogens with two attached hydrogens (primary N) is 1. The smallest absolute Gasteiger partial charge is 0.272 e. The minimum atomic E-state index is -0.439. The Labute approximate surface area is 109 Å². The van der Waals surface area contributed by atoms with E-state index < -0.39 is 4.92 Å². The molecule has 6 nitrogen and oxygen atoms in total.